The molecule has 2 aliphatic rings. The van der Waals surface area contributed by atoms with E-state index in [1.54, 1.807) is 6.07 Å². The normalized spacial score (nSPS) is 20.5. The van der Waals surface area contributed by atoms with Gasteiger partial charge in [0, 0.05) is 32.7 Å². The molecule has 0 spiro atoms. The highest BCUT2D eigenvalue weighted by Gasteiger charge is 2.25. The van der Waals surface area contributed by atoms with E-state index < -0.39 is 5.82 Å². The minimum Gasteiger partial charge on any atom is -0.506 e. The van der Waals surface area contributed by atoms with Crippen LogP contribution < -0.4 is 16.0 Å². The second kappa shape index (κ2) is 6.07. The Balaban J connectivity index is 1.73. The van der Waals surface area contributed by atoms with Crippen LogP contribution in [0.5, 0.6) is 5.75 Å². The first-order valence-corrected chi connectivity index (χ1v) is 7.27. The van der Waals surface area contributed by atoms with E-state index in [9.17, 15) is 14.3 Å². The van der Waals surface area contributed by atoms with Gasteiger partial charge in [-0.25, -0.2) is 4.39 Å². The van der Waals surface area contributed by atoms with Crippen LogP contribution in [0, 0.1) is 5.82 Å². The molecule has 1 amide bonds. The molecule has 8 heteroatoms. The van der Waals surface area contributed by atoms with Crippen LogP contribution in [0.1, 0.15) is 5.56 Å². The number of aromatic hydroxyl groups is 1. The molecule has 1 aromatic carbocycles. The number of nitrogens with zero attached hydrogens (tertiary/aromatic N) is 3. The highest BCUT2D eigenvalue weighted by Crippen LogP contribution is 2.31. The summed E-state index contributed by atoms with van der Waals surface area (Å²) in [5.41, 5.74) is 5.59. The van der Waals surface area contributed by atoms with Gasteiger partial charge in [-0.15, -0.1) is 5.53 Å². The maximum absolute atomic E-state index is 14.3. The Hall–Kier alpha value is -1.90. The van der Waals surface area contributed by atoms with Gasteiger partial charge in [0.25, 0.3) is 5.91 Å². The highest BCUT2D eigenvalue weighted by molar-refractivity contribution is 5.84. The van der Waals surface area contributed by atoms with Gasteiger partial charge in [0.1, 0.15) is 18.0 Å². The molecule has 0 saturated carbocycles. The van der Waals surface area contributed by atoms with Gasteiger partial charge in [-0.3, -0.25) is 20.1 Å². The summed E-state index contributed by atoms with van der Waals surface area (Å²) in [6.07, 6.45) is 0. The average Bonchev–Trinajstić information content (AvgIpc) is 2.87. The predicted molar refractivity (Wildman–Crippen MR) is 79.5 cm³/mol. The van der Waals surface area contributed by atoms with Crippen molar-refractivity contribution in [2.24, 2.45) is 0 Å². The number of rotatable bonds is 3. The quantitative estimate of drug-likeness (QED) is 0.708. The first-order valence-electron chi connectivity index (χ1n) is 7.27. The number of carbonyl (C=O) groups excluding carboxylic acids is 1. The molecule has 0 bridgehead atoms. The molecule has 7 nitrogen and oxygen atoms in total. The van der Waals surface area contributed by atoms with Gasteiger partial charge in [0.05, 0.1) is 0 Å². The van der Waals surface area contributed by atoms with Gasteiger partial charge in [-0.1, -0.05) is 0 Å². The van der Waals surface area contributed by atoms with Crippen molar-refractivity contribution in [1.29, 1.82) is 0 Å². The molecule has 2 fully saturated rings. The minimum atomic E-state index is -0.548. The van der Waals surface area contributed by atoms with E-state index in [0.29, 0.717) is 6.54 Å². The lowest BCUT2D eigenvalue weighted by atomic mass is 10.1. The molecular weight excluding hydrogens is 289 g/mol. The van der Waals surface area contributed by atoms with Crippen LogP contribution in [0.15, 0.2) is 12.1 Å². The second-order valence-electron chi connectivity index (χ2n) is 5.77. The molecule has 0 aliphatic carbocycles. The van der Waals surface area contributed by atoms with Crippen molar-refractivity contribution in [3.8, 4) is 5.75 Å². The van der Waals surface area contributed by atoms with Crippen molar-refractivity contribution >= 4 is 11.6 Å². The fourth-order valence-corrected chi connectivity index (χ4v) is 2.75. The van der Waals surface area contributed by atoms with Gasteiger partial charge >= 0.3 is 0 Å². The summed E-state index contributed by atoms with van der Waals surface area (Å²) in [5.74, 6) is -0.999. The topological polar surface area (TPSA) is 71.1 Å². The number of anilines is 1. The van der Waals surface area contributed by atoms with E-state index in [1.165, 1.54) is 11.1 Å². The number of phenolic OH excluding ortho intramolecular Hbond substituents is 1. The van der Waals surface area contributed by atoms with Crippen molar-refractivity contribution in [3.63, 3.8) is 0 Å². The van der Waals surface area contributed by atoms with E-state index in [0.717, 1.165) is 31.7 Å². The zero-order valence-corrected chi connectivity index (χ0v) is 12.5. The van der Waals surface area contributed by atoms with Crippen LogP contribution >= 0.6 is 0 Å². The fourth-order valence-electron chi connectivity index (χ4n) is 2.75. The highest BCUT2D eigenvalue weighted by atomic mass is 19.1. The number of hydrazine groups is 2. The van der Waals surface area contributed by atoms with E-state index in [2.05, 4.69) is 27.8 Å². The number of piperazine rings is 1. The van der Waals surface area contributed by atoms with Crippen LogP contribution in [-0.4, -0.2) is 60.6 Å². The molecule has 2 saturated heterocycles. The van der Waals surface area contributed by atoms with Crippen molar-refractivity contribution in [2.45, 2.75) is 6.54 Å². The summed E-state index contributed by atoms with van der Waals surface area (Å²) in [7, 11) is 2.08. The van der Waals surface area contributed by atoms with E-state index in [1.807, 2.05) is 0 Å². The van der Waals surface area contributed by atoms with Crippen molar-refractivity contribution in [1.82, 2.24) is 20.8 Å². The third kappa shape index (κ3) is 3.13. The number of hydrogen-bond donors (Lipinski definition) is 3. The maximum atomic E-state index is 14.3. The SMILES string of the molecule is CN1CCN(Cc2cc(O)c(N3CC(=O)NN3)c(F)c2)CC1. The molecule has 3 rings (SSSR count). The molecule has 2 aliphatic heterocycles. The van der Waals surface area contributed by atoms with Gasteiger partial charge < -0.3 is 10.0 Å². The van der Waals surface area contributed by atoms with Crippen LogP contribution in [0.25, 0.3) is 0 Å². The molecule has 0 aromatic heterocycles. The lowest BCUT2D eigenvalue weighted by molar-refractivity contribution is -0.118. The zero-order valence-electron chi connectivity index (χ0n) is 12.5. The first-order chi connectivity index (χ1) is 10.5. The largest absolute Gasteiger partial charge is 0.506 e. The Kier molecular flexibility index (Phi) is 4.14. The summed E-state index contributed by atoms with van der Waals surface area (Å²) in [5, 5.41) is 11.4. The zero-order chi connectivity index (χ0) is 15.7. The van der Waals surface area contributed by atoms with Crippen LogP contribution in [0.4, 0.5) is 10.1 Å². The van der Waals surface area contributed by atoms with E-state index in [-0.39, 0.29) is 23.9 Å². The molecule has 120 valence electrons. The number of halogens is 1. The van der Waals surface area contributed by atoms with Crippen LogP contribution in [0.3, 0.4) is 0 Å². The lowest BCUT2D eigenvalue weighted by Crippen LogP contribution is -2.43. The van der Waals surface area contributed by atoms with Gasteiger partial charge in [-0.2, -0.15) is 0 Å². The Morgan fingerprint density at radius 3 is 2.59 bits per heavy atom. The molecule has 0 atom stereocenters. The third-order valence-corrected chi connectivity index (χ3v) is 4.01. The Bertz CT molecular complexity index is 551. The molecule has 0 radical (unpaired) electrons. The average molecular weight is 309 g/mol. The van der Waals surface area contributed by atoms with Crippen LogP contribution in [-0.2, 0) is 11.3 Å². The summed E-state index contributed by atoms with van der Waals surface area (Å²) >= 11 is 0. The van der Waals surface area contributed by atoms with Gasteiger partial charge in [0.15, 0.2) is 5.82 Å². The number of carbonyl (C=O) groups is 1. The molecule has 1 aromatic rings. The number of phenols is 1. The third-order valence-electron chi connectivity index (χ3n) is 4.01. The lowest BCUT2D eigenvalue weighted by Gasteiger charge is -2.32. The number of amides is 1. The van der Waals surface area contributed by atoms with Gasteiger partial charge in [0.2, 0.25) is 0 Å². The Morgan fingerprint density at radius 2 is 2.00 bits per heavy atom. The molecular formula is C14H20FN5O2. The number of nitrogens with one attached hydrogen (secondary N) is 2. The van der Waals surface area contributed by atoms with Crippen molar-refractivity contribution in [3.05, 3.63) is 23.5 Å². The molecule has 3 N–H and O–H groups in total. The van der Waals surface area contributed by atoms with Crippen molar-refractivity contribution < 1.29 is 14.3 Å². The van der Waals surface area contributed by atoms with Crippen LogP contribution in [0.2, 0.25) is 0 Å². The minimum absolute atomic E-state index is 0.0134. The molecule has 2 heterocycles. The summed E-state index contributed by atoms with van der Waals surface area (Å²) in [6.45, 7) is 4.38. The number of benzene rings is 1. The smallest absolute Gasteiger partial charge is 0.256 e. The standard InChI is InChI=1S/C14H20FN5O2/c1-18-2-4-19(5-3-18)8-10-6-11(15)14(12(21)7-10)20-9-13(22)16-17-20/h6-7,17,21H,2-5,8-9H2,1H3,(H,16,22). The van der Waals surface area contributed by atoms with E-state index >= 15 is 0 Å². The Labute approximate surface area is 128 Å². The predicted octanol–water partition coefficient (Wildman–Crippen LogP) is -0.365. The fraction of sp³-hybridized carbons (Fsp3) is 0.500. The number of likely N-dealkylation sites (N-methyl/N-ethyl adjacent to an activating group) is 1. The monoisotopic (exact) mass is 309 g/mol. The summed E-state index contributed by atoms with van der Waals surface area (Å²) in [4.78, 5) is 15.7. The molecule has 22 heavy (non-hydrogen) atoms. The second-order valence-corrected chi connectivity index (χ2v) is 5.77. The summed E-state index contributed by atoms with van der Waals surface area (Å²) < 4.78 is 14.3. The summed E-state index contributed by atoms with van der Waals surface area (Å²) in [6, 6.07) is 2.97. The van der Waals surface area contributed by atoms with Crippen molar-refractivity contribution in [2.75, 3.05) is 44.8 Å². The molecule has 0 unspecified atom stereocenters. The van der Waals surface area contributed by atoms with Gasteiger partial charge in [-0.05, 0) is 24.7 Å². The Morgan fingerprint density at radius 1 is 1.27 bits per heavy atom. The number of hydrogen-bond acceptors (Lipinski definition) is 6. The maximum Gasteiger partial charge on any atom is 0.256 e. The van der Waals surface area contributed by atoms with E-state index in [4.69, 9.17) is 0 Å². The first kappa shape index (κ1) is 15.0.